The van der Waals surface area contributed by atoms with Gasteiger partial charge in [0, 0.05) is 11.6 Å². The van der Waals surface area contributed by atoms with E-state index in [0.717, 1.165) is 31.1 Å². The lowest BCUT2D eigenvalue weighted by Gasteiger charge is -2.25. The highest BCUT2D eigenvalue weighted by atomic mass is 35.5. The van der Waals surface area contributed by atoms with Crippen LogP contribution in [0.3, 0.4) is 0 Å². The van der Waals surface area contributed by atoms with Crippen LogP contribution >= 0.6 is 11.6 Å². The molecule has 0 spiro atoms. The zero-order valence-corrected chi connectivity index (χ0v) is 13.2. The Hall–Kier alpha value is -0.570. The van der Waals surface area contributed by atoms with E-state index < -0.39 is 0 Å². The molecule has 1 aromatic rings. The fraction of sp³-hybridized carbons (Fsp3) is 0.625. The normalized spacial score (nSPS) is 12.1. The van der Waals surface area contributed by atoms with Crippen molar-refractivity contribution in [1.29, 1.82) is 0 Å². The SMILES string of the molecule is CN(CCCC(C)(C)CCN)Cc1cccc(Cl)c1. The number of nitrogens with two attached hydrogens (primary N) is 1. The van der Waals surface area contributed by atoms with E-state index >= 15 is 0 Å². The zero-order chi connectivity index (χ0) is 14.3. The summed E-state index contributed by atoms with van der Waals surface area (Å²) in [5.74, 6) is 0. The van der Waals surface area contributed by atoms with Crippen LogP contribution in [0.5, 0.6) is 0 Å². The summed E-state index contributed by atoms with van der Waals surface area (Å²) in [6.45, 7) is 7.46. The molecule has 19 heavy (non-hydrogen) atoms. The Bertz CT molecular complexity index is 377. The van der Waals surface area contributed by atoms with Gasteiger partial charge in [0.05, 0.1) is 0 Å². The van der Waals surface area contributed by atoms with Gasteiger partial charge in [0.2, 0.25) is 0 Å². The molecular weight excluding hydrogens is 256 g/mol. The molecule has 0 saturated heterocycles. The third-order valence-corrected chi connectivity index (χ3v) is 3.79. The first kappa shape index (κ1) is 16.5. The lowest BCUT2D eigenvalue weighted by atomic mass is 9.84. The molecule has 0 aliphatic carbocycles. The smallest absolute Gasteiger partial charge is 0.0409 e. The molecule has 0 heterocycles. The summed E-state index contributed by atoms with van der Waals surface area (Å²) in [4.78, 5) is 2.35. The Kier molecular flexibility index (Phi) is 6.84. The largest absolute Gasteiger partial charge is 0.330 e. The van der Waals surface area contributed by atoms with E-state index in [2.05, 4.69) is 31.9 Å². The minimum Gasteiger partial charge on any atom is -0.330 e. The van der Waals surface area contributed by atoms with Crippen LogP contribution in [0.2, 0.25) is 5.02 Å². The quantitative estimate of drug-likeness (QED) is 0.783. The van der Waals surface area contributed by atoms with Crippen molar-refractivity contribution in [1.82, 2.24) is 4.90 Å². The van der Waals surface area contributed by atoms with E-state index in [4.69, 9.17) is 17.3 Å². The predicted octanol–water partition coefficient (Wildman–Crippen LogP) is 3.93. The topological polar surface area (TPSA) is 29.3 Å². The number of rotatable bonds is 8. The summed E-state index contributed by atoms with van der Waals surface area (Å²) in [5.41, 5.74) is 7.28. The Morgan fingerprint density at radius 1 is 1.26 bits per heavy atom. The van der Waals surface area contributed by atoms with Crippen LogP contribution in [-0.2, 0) is 6.54 Å². The van der Waals surface area contributed by atoms with E-state index in [1.165, 1.54) is 18.4 Å². The van der Waals surface area contributed by atoms with Gasteiger partial charge in [-0.05, 0) is 62.5 Å². The van der Waals surface area contributed by atoms with Gasteiger partial charge < -0.3 is 10.6 Å². The molecule has 0 fully saturated rings. The molecule has 0 unspecified atom stereocenters. The van der Waals surface area contributed by atoms with Gasteiger partial charge in [0.25, 0.3) is 0 Å². The first-order chi connectivity index (χ1) is 8.93. The molecule has 108 valence electrons. The minimum absolute atomic E-state index is 0.367. The molecule has 0 bridgehead atoms. The van der Waals surface area contributed by atoms with E-state index in [-0.39, 0.29) is 0 Å². The fourth-order valence-corrected chi connectivity index (χ4v) is 2.58. The van der Waals surface area contributed by atoms with E-state index in [1.54, 1.807) is 0 Å². The lowest BCUT2D eigenvalue weighted by molar-refractivity contribution is 0.259. The number of nitrogens with zero attached hydrogens (tertiary/aromatic N) is 1. The molecule has 0 aliphatic heterocycles. The maximum Gasteiger partial charge on any atom is 0.0409 e. The molecule has 2 nitrogen and oxygen atoms in total. The lowest BCUT2D eigenvalue weighted by Crippen LogP contribution is -2.22. The maximum atomic E-state index is 6.00. The minimum atomic E-state index is 0.367. The van der Waals surface area contributed by atoms with Gasteiger partial charge in [-0.1, -0.05) is 37.6 Å². The average molecular weight is 283 g/mol. The molecule has 0 aliphatic rings. The van der Waals surface area contributed by atoms with Crippen LogP contribution in [0.25, 0.3) is 0 Å². The first-order valence-electron chi connectivity index (χ1n) is 7.06. The maximum absolute atomic E-state index is 6.00. The van der Waals surface area contributed by atoms with Crippen LogP contribution in [0.4, 0.5) is 0 Å². The number of hydrogen-bond acceptors (Lipinski definition) is 2. The van der Waals surface area contributed by atoms with Crippen molar-refractivity contribution in [2.45, 2.75) is 39.7 Å². The second-order valence-electron chi connectivity index (χ2n) is 6.17. The van der Waals surface area contributed by atoms with Crippen LogP contribution in [0, 0.1) is 5.41 Å². The summed E-state index contributed by atoms with van der Waals surface area (Å²) in [6, 6.07) is 8.09. The van der Waals surface area contributed by atoms with Crippen LogP contribution in [0.1, 0.15) is 38.7 Å². The third kappa shape index (κ3) is 6.95. The van der Waals surface area contributed by atoms with E-state index in [1.807, 2.05) is 18.2 Å². The van der Waals surface area contributed by atoms with Crippen LogP contribution in [0.15, 0.2) is 24.3 Å². The summed E-state index contributed by atoms with van der Waals surface area (Å²) >= 11 is 6.00. The molecule has 0 radical (unpaired) electrons. The van der Waals surface area contributed by atoms with Crippen molar-refractivity contribution < 1.29 is 0 Å². The van der Waals surface area contributed by atoms with Gasteiger partial charge in [0.1, 0.15) is 0 Å². The predicted molar refractivity (Wildman–Crippen MR) is 84.5 cm³/mol. The summed E-state index contributed by atoms with van der Waals surface area (Å²) < 4.78 is 0. The van der Waals surface area contributed by atoms with E-state index in [9.17, 15) is 0 Å². The van der Waals surface area contributed by atoms with Crippen LogP contribution in [-0.4, -0.2) is 25.0 Å². The molecule has 0 aromatic heterocycles. The summed E-state index contributed by atoms with van der Waals surface area (Å²) in [7, 11) is 2.16. The average Bonchev–Trinajstić information content (AvgIpc) is 2.28. The molecule has 3 heteroatoms. The second kappa shape index (κ2) is 7.88. The Morgan fingerprint density at radius 3 is 2.63 bits per heavy atom. The highest BCUT2D eigenvalue weighted by molar-refractivity contribution is 6.30. The van der Waals surface area contributed by atoms with Gasteiger partial charge in [-0.25, -0.2) is 0 Å². The third-order valence-electron chi connectivity index (χ3n) is 3.56. The van der Waals surface area contributed by atoms with Gasteiger partial charge >= 0.3 is 0 Å². The first-order valence-corrected chi connectivity index (χ1v) is 7.44. The van der Waals surface area contributed by atoms with Gasteiger partial charge in [-0.2, -0.15) is 0 Å². The van der Waals surface area contributed by atoms with E-state index in [0.29, 0.717) is 5.41 Å². The molecule has 2 N–H and O–H groups in total. The number of hydrogen-bond donors (Lipinski definition) is 1. The highest BCUT2D eigenvalue weighted by Crippen LogP contribution is 2.26. The monoisotopic (exact) mass is 282 g/mol. The molecular formula is C16H27ClN2. The molecule has 1 aromatic carbocycles. The molecule has 0 amide bonds. The van der Waals surface area contributed by atoms with Crippen molar-refractivity contribution in [2.24, 2.45) is 11.1 Å². The van der Waals surface area contributed by atoms with Crippen molar-refractivity contribution in [3.05, 3.63) is 34.9 Å². The Balaban J connectivity index is 2.30. The van der Waals surface area contributed by atoms with Crippen molar-refractivity contribution in [3.8, 4) is 0 Å². The highest BCUT2D eigenvalue weighted by Gasteiger charge is 2.16. The number of benzene rings is 1. The second-order valence-corrected chi connectivity index (χ2v) is 6.61. The summed E-state index contributed by atoms with van der Waals surface area (Å²) in [6.07, 6.45) is 3.54. The zero-order valence-electron chi connectivity index (χ0n) is 12.5. The molecule has 0 atom stereocenters. The van der Waals surface area contributed by atoms with Gasteiger partial charge in [0.15, 0.2) is 0 Å². The summed E-state index contributed by atoms with van der Waals surface area (Å²) in [5, 5.41) is 0.815. The van der Waals surface area contributed by atoms with Crippen molar-refractivity contribution in [2.75, 3.05) is 20.1 Å². The Labute approximate surface area is 122 Å². The van der Waals surface area contributed by atoms with Crippen LogP contribution < -0.4 is 5.73 Å². The Morgan fingerprint density at radius 2 is 2.00 bits per heavy atom. The number of halogens is 1. The van der Waals surface area contributed by atoms with Crippen molar-refractivity contribution in [3.63, 3.8) is 0 Å². The molecule has 1 rings (SSSR count). The standard InChI is InChI=1S/C16H27ClN2/c1-16(2,9-10-18)8-5-11-19(3)13-14-6-4-7-15(17)12-14/h4,6-7,12H,5,8-11,13,18H2,1-3H3. The van der Waals surface area contributed by atoms with Gasteiger partial charge in [-0.15, -0.1) is 0 Å². The molecule has 0 saturated carbocycles. The van der Waals surface area contributed by atoms with Gasteiger partial charge in [-0.3, -0.25) is 0 Å². The fourth-order valence-electron chi connectivity index (χ4n) is 2.37. The van der Waals surface area contributed by atoms with Crippen molar-refractivity contribution >= 4 is 11.6 Å².